The fourth-order valence-electron chi connectivity index (χ4n) is 2.18. The van der Waals surface area contributed by atoms with E-state index in [4.69, 9.17) is 0 Å². The first-order valence-electron chi connectivity index (χ1n) is 6.89. The SMILES string of the molecule is CCCNC(CC)C(C)N(CCC)CC(F)(F)F. The van der Waals surface area contributed by atoms with Gasteiger partial charge in [0.1, 0.15) is 0 Å². The summed E-state index contributed by atoms with van der Waals surface area (Å²) in [4.78, 5) is 1.54. The van der Waals surface area contributed by atoms with Crippen LogP contribution >= 0.6 is 0 Å². The number of nitrogens with zero attached hydrogens (tertiary/aromatic N) is 1. The van der Waals surface area contributed by atoms with Crippen LogP contribution in [0.25, 0.3) is 0 Å². The second-order valence-electron chi connectivity index (χ2n) is 4.80. The Labute approximate surface area is 109 Å². The predicted molar refractivity (Wildman–Crippen MR) is 69.8 cm³/mol. The summed E-state index contributed by atoms with van der Waals surface area (Å²) in [6.45, 7) is 8.41. The molecular formula is C13H27F3N2. The van der Waals surface area contributed by atoms with Gasteiger partial charge >= 0.3 is 6.18 Å². The molecule has 0 heterocycles. The fraction of sp³-hybridized carbons (Fsp3) is 1.00. The molecule has 0 aromatic carbocycles. The average molecular weight is 268 g/mol. The zero-order chi connectivity index (χ0) is 14.2. The van der Waals surface area contributed by atoms with Crippen molar-refractivity contribution in [3.63, 3.8) is 0 Å². The highest BCUT2D eigenvalue weighted by atomic mass is 19.4. The lowest BCUT2D eigenvalue weighted by atomic mass is 10.0. The van der Waals surface area contributed by atoms with Gasteiger partial charge in [-0.15, -0.1) is 0 Å². The van der Waals surface area contributed by atoms with Crippen molar-refractivity contribution in [2.45, 2.75) is 65.2 Å². The summed E-state index contributed by atoms with van der Waals surface area (Å²) in [7, 11) is 0. The Kier molecular flexibility index (Phi) is 8.61. The molecule has 5 heteroatoms. The van der Waals surface area contributed by atoms with E-state index < -0.39 is 12.7 Å². The van der Waals surface area contributed by atoms with Gasteiger partial charge in [0.05, 0.1) is 6.54 Å². The molecule has 0 aliphatic heterocycles. The maximum atomic E-state index is 12.5. The Morgan fingerprint density at radius 1 is 1.11 bits per heavy atom. The first kappa shape index (κ1) is 17.7. The molecule has 110 valence electrons. The quantitative estimate of drug-likeness (QED) is 0.689. The maximum absolute atomic E-state index is 12.5. The zero-order valence-electron chi connectivity index (χ0n) is 12.0. The van der Waals surface area contributed by atoms with Crippen LogP contribution in [0.2, 0.25) is 0 Å². The van der Waals surface area contributed by atoms with Crippen molar-refractivity contribution < 1.29 is 13.2 Å². The highest BCUT2D eigenvalue weighted by Crippen LogP contribution is 2.20. The largest absolute Gasteiger partial charge is 0.401 e. The van der Waals surface area contributed by atoms with Crippen molar-refractivity contribution in [1.82, 2.24) is 10.2 Å². The second kappa shape index (κ2) is 8.75. The minimum Gasteiger partial charge on any atom is -0.312 e. The van der Waals surface area contributed by atoms with Crippen LogP contribution in [0.15, 0.2) is 0 Å². The molecule has 0 aliphatic rings. The van der Waals surface area contributed by atoms with E-state index in [2.05, 4.69) is 12.2 Å². The molecule has 2 atom stereocenters. The van der Waals surface area contributed by atoms with E-state index in [1.165, 1.54) is 4.90 Å². The van der Waals surface area contributed by atoms with E-state index in [0.717, 1.165) is 25.8 Å². The van der Waals surface area contributed by atoms with Gasteiger partial charge in [-0.3, -0.25) is 4.90 Å². The van der Waals surface area contributed by atoms with Crippen molar-refractivity contribution in [2.24, 2.45) is 0 Å². The van der Waals surface area contributed by atoms with Gasteiger partial charge in [-0.25, -0.2) is 0 Å². The first-order chi connectivity index (χ1) is 8.35. The molecule has 18 heavy (non-hydrogen) atoms. The molecule has 0 aromatic rings. The van der Waals surface area contributed by atoms with Gasteiger partial charge in [0.25, 0.3) is 0 Å². The van der Waals surface area contributed by atoms with Gasteiger partial charge in [0, 0.05) is 12.1 Å². The molecule has 0 fully saturated rings. The highest BCUT2D eigenvalue weighted by Gasteiger charge is 2.34. The Morgan fingerprint density at radius 2 is 1.72 bits per heavy atom. The maximum Gasteiger partial charge on any atom is 0.401 e. The third kappa shape index (κ3) is 7.21. The van der Waals surface area contributed by atoms with Crippen molar-refractivity contribution in [3.05, 3.63) is 0 Å². The zero-order valence-corrected chi connectivity index (χ0v) is 12.0. The molecule has 2 nitrogen and oxygen atoms in total. The molecule has 0 radical (unpaired) electrons. The second-order valence-corrected chi connectivity index (χ2v) is 4.80. The molecule has 0 rings (SSSR count). The summed E-state index contributed by atoms with van der Waals surface area (Å²) in [6, 6.07) is 0.0296. The van der Waals surface area contributed by atoms with Gasteiger partial charge in [-0.05, 0) is 39.3 Å². The average Bonchev–Trinajstić information content (AvgIpc) is 2.27. The Hall–Kier alpha value is -0.290. The van der Waals surface area contributed by atoms with Crippen LogP contribution < -0.4 is 5.32 Å². The van der Waals surface area contributed by atoms with Gasteiger partial charge in [0.2, 0.25) is 0 Å². The van der Waals surface area contributed by atoms with Crippen LogP contribution in [-0.2, 0) is 0 Å². The number of alkyl halides is 3. The van der Waals surface area contributed by atoms with Gasteiger partial charge < -0.3 is 5.32 Å². The van der Waals surface area contributed by atoms with Crippen molar-refractivity contribution in [1.29, 1.82) is 0 Å². The molecule has 0 aromatic heterocycles. The van der Waals surface area contributed by atoms with Crippen LogP contribution in [0.5, 0.6) is 0 Å². The smallest absolute Gasteiger partial charge is 0.312 e. The topological polar surface area (TPSA) is 15.3 Å². The van der Waals surface area contributed by atoms with E-state index in [-0.39, 0.29) is 12.1 Å². The third-order valence-electron chi connectivity index (χ3n) is 3.15. The Morgan fingerprint density at radius 3 is 2.11 bits per heavy atom. The van der Waals surface area contributed by atoms with E-state index in [1.807, 2.05) is 20.8 Å². The monoisotopic (exact) mass is 268 g/mol. The minimum absolute atomic E-state index is 0.0943. The van der Waals surface area contributed by atoms with Gasteiger partial charge in [-0.2, -0.15) is 13.2 Å². The van der Waals surface area contributed by atoms with E-state index in [9.17, 15) is 13.2 Å². The van der Waals surface area contributed by atoms with Crippen LogP contribution in [-0.4, -0.2) is 42.8 Å². The van der Waals surface area contributed by atoms with Crippen LogP contribution in [0.1, 0.15) is 47.0 Å². The first-order valence-corrected chi connectivity index (χ1v) is 6.89. The summed E-state index contributed by atoms with van der Waals surface area (Å²) in [5.41, 5.74) is 0. The van der Waals surface area contributed by atoms with Gasteiger partial charge in [0.15, 0.2) is 0 Å². The van der Waals surface area contributed by atoms with Crippen molar-refractivity contribution in [2.75, 3.05) is 19.6 Å². The summed E-state index contributed by atoms with van der Waals surface area (Å²) in [5, 5.41) is 3.33. The molecule has 0 saturated carbocycles. The van der Waals surface area contributed by atoms with Crippen LogP contribution in [0, 0.1) is 0 Å². The lowest BCUT2D eigenvalue weighted by Gasteiger charge is -2.35. The number of halogens is 3. The van der Waals surface area contributed by atoms with Crippen LogP contribution in [0.3, 0.4) is 0 Å². The summed E-state index contributed by atoms with van der Waals surface area (Å²) in [6.07, 6.45) is -1.54. The molecule has 1 N–H and O–H groups in total. The number of hydrogen-bond donors (Lipinski definition) is 1. The summed E-state index contributed by atoms with van der Waals surface area (Å²) < 4.78 is 37.6. The summed E-state index contributed by atoms with van der Waals surface area (Å²) in [5.74, 6) is 0. The Bertz CT molecular complexity index is 207. The molecule has 0 aliphatic carbocycles. The van der Waals surface area contributed by atoms with E-state index >= 15 is 0 Å². The number of nitrogens with one attached hydrogen (secondary N) is 1. The van der Waals surface area contributed by atoms with E-state index in [0.29, 0.717) is 6.54 Å². The third-order valence-corrected chi connectivity index (χ3v) is 3.15. The van der Waals surface area contributed by atoms with E-state index in [1.54, 1.807) is 0 Å². The fourth-order valence-corrected chi connectivity index (χ4v) is 2.18. The standard InChI is InChI=1S/C13H27F3N2/c1-5-8-17-12(7-3)11(4)18(9-6-2)10-13(14,15)16/h11-12,17H,5-10H2,1-4H3. The molecule has 0 spiro atoms. The normalized spacial score (nSPS) is 16.0. The summed E-state index contributed by atoms with van der Waals surface area (Å²) >= 11 is 0. The van der Waals surface area contributed by atoms with Crippen molar-refractivity contribution >= 4 is 0 Å². The minimum atomic E-state index is -4.12. The number of rotatable bonds is 9. The molecular weight excluding hydrogens is 241 g/mol. The number of hydrogen-bond acceptors (Lipinski definition) is 2. The molecule has 2 unspecified atom stereocenters. The molecule has 0 saturated heterocycles. The molecule has 0 bridgehead atoms. The van der Waals surface area contributed by atoms with Gasteiger partial charge in [-0.1, -0.05) is 20.8 Å². The Balaban J connectivity index is 4.54. The lowest BCUT2D eigenvalue weighted by Crippen LogP contribution is -2.51. The highest BCUT2D eigenvalue weighted by molar-refractivity contribution is 4.81. The van der Waals surface area contributed by atoms with Crippen LogP contribution in [0.4, 0.5) is 13.2 Å². The molecule has 0 amide bonds. The lowest BCUT2D eigenvalue weighted by molar-refractivity contribution is -0.151. The predicted octanol–water partition coefficient (Wildman–Crippen LogP) is 3.43. The van der Waals surface area contributed by atoms with Crippen molar-refractivity contribution in [3.8, 4) is 0 Å².